The van der Waals surface area contributed by atoms with Crippen molar-refractivity contribution in [1.29, 1.82) is 0 Å². The summed E-state index contributed by atoms with van der Waals surface area (Å²) in [6, 6.07) is 11.8. The molecule has 0 aliphatic rings. The average molecular weight is 342 g/mol. The molecule has 25 heavy (non-hydrogen) atoms. The molecule has 2 rings (SSSR count). The summed E-state index contributed by atoms with van der Waals surface area (Å²) >= 11 is 0. The molecular weight excluding hydrogens is 320 g/mol. The maximum Gasteiger partial charge on any atom is 0.275 e. The highest BCUT2D eigenvalue weighted by molar-refractivity contribution is 6.01. The first kappa shape index (κ1) is 18.3. The van der Waals surface area contributed by atoms with Crippen molar-refractivity contribution in [2.75, 3.05) is 13.2 Å². The van der Waals surface area contributed by atoms with E-state index in [1.54, 1.807) is 19.1 Å². The highest BCUT2D eigenvalue weighted by Gasteiger charge is 2.11. The Labute approximate surface area is 147 Å². The molecule has 0 aliphatic carbocycles. The number of phenolic OH excluding ortho intramolecular Hbond substituents is 1. The van der Waals surface area contributed by atoms with Crippen molar-refractivity contribution in [2.24, 2.45) is 5.10 Å². The van der Waals surface area contributed by atoms with Gasteiger partial charge in [0.2, 0.25) is 0 Å². The van der Waals surface area contributed by atoms with Crippen LogP contribution in [0, 0.1) is 0 Å². The van der Waals surface area contributed by atoms with Crippen LogP contribution in [0.15, 0.2) is 47.6 Å². The van der Waals surface area contributed by atoms with Crippen LogP contribution in [0.25, 0.3) is 0 Å². The van der Waals surface area contributed by atoms with Crippen molar-refractivity contribution in [1.82, 2.24) is 5.43 Å². The SMILES string of the molecule is CCOc1ccc(/C(C)=N\NC(=O)c2ccccc2O)cc1OCC. The lowest BCUT2D eigenvalue weighted by Crippen LogP contribution is -2.19. The van der Waals surface area contributed by atoms with Gasteiger partial charge in [-0.3, -0.25) is 4.79 Å². The molecule has 1 amide bonds. The summed E-state index contributed by atoms with van der Waals surface area (Å²) in [6.45, 7) is 6.64. The van der Waals surface area contributed by atoms with Gasteiger partial charge in [-0.2, -0.15) is 5.10 Å². The number of carbonyl (C=O) groups is 1. The molecule has 0 radical (unpaired) electrons. The topological polar surface area (TPSA) is 80.2 Å². The van der Waals surface area contributed by atoms with E-state index in [1.165, 1.54) is 12.1 Å². The van der Waals surface area contributed by atoms with Gasteiger partial charge in [0.25, 0.3) is 5.91 Å². The number of carbonyl (C=O) groups excluding carboxylic acids is 1. The van der Waals surface area contributed by atoms with E-state index in [2.05, 4.69) is 10.5 Å². The molecule has 0 saturated heterocycles. The monoisotopic (exact) mass is 342 g/mol. The van der Waals surface area contributed by atoms with E-state index >= 15 is 0 Å². The molecule has 0 unspecified atom stereocenters. The van der Waals surface area contributed by atoms with E-state index in [9.17, 15) is 9.90 Å². The van der Waals surface area contributed by atoms with Crippen LogP contribution in [0.3, 0.4) is 0 Å². The van der Waals surface area contributed by atoms with Crippen LogP contribution in [0.2, 0.25) is 0 Å². The predicted molar refractivity (Wildman–Crippen MR) is 96.6 cm³/mol. The molecule has 0 bridgehead atoms. The Morgan fingerprint density at radius 1 is 1.08 bits per heavy atom. The Kier molecular flexibility index (Phi) is 6.39. The van der Waals surface area contributed by atoms with Crippen molar-refractivity contribution in [2.45, 2.75) is 20.8 Å². The number of amides is 1. The fourth-order valence-electron chi connectivity index (χ4n) is 2.20. The largest absolute Gasteiger partial charge is 0.507 e. The van der Waals surface area contributed by atoms with E-state index < -0.39 is 5.91 Å². The molecule has 0 aromatic heterocycles. The lowest BCUT2D eigenvalue weighted by Gasteiger charge is -2.12. The number of hydrazone groups is 1. The molecule has 6 nitrogen and oxygen atoms in total. The Morgan fingerprint density at radius 3 is 2.44 bits per heavy atom. The molecule has 0 saturated carbocycles. The summed E-state index contributed by atoms with van der Waals surface area (Å²) in [5.41, 5.74) is 4.01. The van der Waals surface area contributed by atoms with Gasteiger partial charge in [0, 0.05) is 5.56 Å². The third-order valence-corrected chi connectivity index (χ3v) is 3.43. The third-order valence-electron chi connectivity index (χ3n) is 3.43. The van der Waals surface area contributed by atoms with Gasteiger partial charge in [0.05, 0.1) is 24.5 Å². The zero-order valence-corrected chi connectivity index (χ0v) is 14.6. The Bertz CT molecular complexity index is 772. The van der Waals surface area contributed by atoms with Gasteiger partial charge in [-0.05, 0) is 51.1 Å². The summed E-state index contributed by atoms with van der Waals surface area (Å²) in [7, 11) is 0. The van der Waals surface area contributed by atoms with Gasteiger partial charge < -0.3 is 14.6 Å². The minimum atomic E-state index is -0.478. The number of para-hydroxylation sites is 1. The van der Waals surface area contributed by atoms with Gasteiger partial charge in [0.15, 0.2) is 11.5 Å². The molecule has 0 heterocycles. The first-order valence-electron chi connectivity index (χ1n) is 8.09. The van der Waals surface area contributed by atoms with E-state index in [4.69, 9.17) is 9.47 Å². The fourth-order valence-corrected chi connectivity index (χ4v) is 2.20. The van der Waals surface area contributed by atoms with E-state index in [1.807, 2.05) is 32.0 Å². The first-order chi connectivity index (χ1) is 12.1. The average Bonchev–Trinajstić information content (AvgIpc) is 2.61. The molecule has 0 fully saturated rings. The van der Waals surface area contributed by atoms with Crippen LogP contribution in [-0.2, 0) is 0 Å². The summed E-state index contributed by atoms with van der Waals surface area (Å²) in [4.78, 5) is 12.1. The van der Waals surface area contributed by atoms with E-state index in [0.29, 0.717) is 30.4 Å². The standard InChI is InChI=1S/C19H22N2O4/c1-4-24-17-11-10-14(12-18(17)25-5-2)13(3)20-21-19(23)15-8-6-7-9-16(15)22/h6-12,22H,4-5H2,1-3H3,(H,21,23)/b20-13-. The van der Waals surface area contributed by atoms with Crippen molar-refractivity contribution < 1.29 is 19.4 Å². The summed E-state index contributed by atoms with van der Waals surface area (Å²) < 4.78 is 11.1. The second kappa shape index (κ2) is 8.73. The van der Waals surface area contributed by atoms with Crippen molar-refractivity contribution in [3.05, 3.63) is 53.6 Å². The van der Waals surface area contributed by atoms with Crippen LogP contribution in [0.5, 0.6) is 17.2 Å². The molecule has 6 heteroatoms. The fraction of sp³-hybridized carbons (Fsp3) is 0.263. The number of rotatable bonds is 7. The van der Waals surface area contributed by atoms with E-state index in [0.717, 1.165) is 5.56 Å². The van der Waals surface area contributed by atoms with Gasteiger partial charge in [0.1, 0.15) is 5.75 Å². The van der Waals surface area contributed by atoms with E-state index in [-0.39, 0.29) is 11.3 Å². The third kappa shape index (κ3) is 4.73. The lowest BCUT2D eigenvalue weighted by molar-refractivity contribution is 0.0952. The number of phenols is 1. The van der Waals surface area contributed by atoms with Crippen molar-refractivity contribution in [3.63, 3.8) is 0 Å². The molecule has 0 atom stereocenters. The molecular formula is C19H22N2O4. The second-order valence-electron chi connectivity index (χ2n) is 5.18. The Hall–Kier alpha value is -3.02. The predicted octanol–water partition coefficient (Wildman–Crippen LogP) is 3.34. The highest BCUT2D eigenvalue weighted by Crippen LogP contribution is 2.28. The number of ether oxygens (including phenoxy) is 2. The molecule has 0 spiro atoms. The van der Waals surface area contributed by atoms with Crippen LogP contribution >= 0.6 is 0 Å². The molecule has 0 aliphatic heterocycles. The number of hydrogen-bond acceptors (Lipinski definition) is 5. The zero-order valence-electron chi connectivity index (χ0n) is 14.6. The minimum Gasteiger partial charge on any atom is -0.507 e. The molecule has 132 valence electrons. The van der Waals surface area contributed by atoms with Crippen LogP contribution in [0.1, 0.15) is 36.7 Å². The summed E-state index contributed by atoms with van der Waals surface area (Å²) in [5.74, 6) is 0.726. The zero-order chi connectivity index (χ0) is 18.2. The molecule has 2 aromatic rings. The number of aromatic hydroxyl groups is 1. The van der Waals surface area contributed by atoms with Crippen LogP contribution < -0.4 is 14.9 Å². The van der Waals surface area contributed by atoms with Crippen LogP contribution in [-0.4, -0.2) is 29.9 Å². The summed E-state index contributed by atoms with van der Waals surface area (Å²) in [6.07, 6.45) is 0. The van der Waals surface area contributed by atoms with Crippen molar-refractivity contribution >= 4 is 11.6 Å². The number of nitrogens with zero attached hydrogens (tertiary/aromatic N) is 1. The lowest BCUT2D eigenvalue weighted by atomic mass is 10.1. The van der Waals surface area contributed by atoms with Crippen molar-refractivity contribution in [3.8, 4) is 17.2 Å². The molecule has 2 N–H and O–H groups in total. The van der Waals surface area contributed by atoms with Gasteiger partial charge >= 0.3 is 0 Å². The quantitative estimate of drug-likeness (QED) is 0.597. The summed E-state index contributed by atoms with van der Waals surface area (Å²) in [5, 5.41) is 13.8. The van der Waals surface area contributed by atoms with Gasteiger partial charge in [-0.15, -0.1) is 0 Å². The minimum absolute atomic E-state index is 0.0902. The normalized spacial score (nSPS) is 11.1. The van der Waals surface area contributed by atoms with Gasteiger partial charge in [-0.1, -0.05) is 12.1 Å². The second-order valence-corrected chi connectivity index (χ2v) is 5.18. The maximum absolute atomic E-state index is 12.1. The highest BCUT2D eigenvalue weighted by atomic mass is 16.5. The number of benzene rings is 2. The maximum atomic E-state index is 12.1. The Morgan fingerprint density at radius 2 is 1.76 bits per heavy atom. The first-order valence-corrected chi connectivity index (χ1v) is 8.09. The molecule has 2 aromatic carbocycles. The Balaban J connectivity index is 2.17. The number of nitrogens with one attached hydrogen (secondary N) is 1. The number of hydrogen-bond donors (Lipinski definition) is 2. The van der Waals surface area contributed by atoms with Gasteiger partial charge in [-0.25, -0.2) is 5.43 Å². The van der Waals surface area contributed by atoms with Crippen LogP contribution in [0.4, 0.5) is 0 Å². The smallest absolute Gasteiger partial charge is 0.275 e.